The third-order valence-electron chi connectivity index (χ3n) is 5.07. The lowest BCUT2D eigenvalue weighted by Crippen LogP contribution is -2.26. The van der Waals surface area contributed by atoms with Crippen molar-refractivity contribution >= 4 is 5.91 Å². The van der Waals surface area contributed by atoms with E-state index in [1.54, 1.807) is 18.2 Å². The van der Waals surface area contributed by atoms with Crippen LogP contribution in [0.2, 0.25) is 0 Å². The van der Waals surface area contributed by atoms with Crippen LogP contribution in [-0.2, 0) is 6.61 Å². The van der Waals surface area contributed by atoms with Crippen LogP contribution in [-0.4, -0.2) is 24.3 Å². The summed E-state index contributed by atoms with van der Waals surface area (Å²) in [6, 6.07) is 12.6. The number of aryl methyl sites for hydroxylation is 2. The topological polar surface area (TPSA) is 82.8 Å². The van der Waals surface area contributed by atoms with Crippen molar-refractivity contribution in [3.05, 3.63) is 70.6 Å². The summed E-state index contributed by atoms with van der Waals surface area (Å²) in [6.07, 6.45) is 0. The predicted molar refractivity (Wildman–Crippen MR) is 110 cm³/mol. The Bertz CT molecular complexity index is 1040. The molecule has 30 heavy (non-hydrogen) atoms. The smallest absolute Gasteiger partial charge is 0.251 e. The number of amides is 1. The van der Waals surface area contributed by atoms with Gasteiger partial charge in [0.1, 0.15) is 31.3 Å². The van der Waals surface area contributed by atoms with Crippen LogP contribution in [0.1, 0.15) is 45.9 Å². The van der Waals surface area contributed by atoms with Crippen LogP contribution in [0, 0.1) is 13.8 Å². The van der Waals surface area contributed by atoms with E-state index in [-0.39, 0.29) is 11.9 Å². The summed E-state index contributed by atoms with van der Waals surface area (Å²) >= 11 is 0. The molecule has 0 bridgehead atoms. The van der Waals surface area contributed by atoms with Crippen molar-refractivity contribution in [1.29, 1.82) is 0 Å². The fourth-order valence-electron chi connectivity index (χ4n) is 3.28. The maximum absolute atomic E-state index is 12.8. The fraction of sp³-hybridized carbons (Fsp3) is 0.304. The minimum Gasteiger partial charge on any atom is -0.489 e. The van der Waals surface area contributed by atoms with Crippen LogP contribution >= 0.6 is 0 Å². The lowest BCUT2D eigenvalue weighted by molar-refractivity contribution is 0.0939. The number of carbonyl (C=O) groups excluding carboxylic acids is 1. The van der Waals surface area contributed by atoms with Crippen molar-refractivity contribution in [3.8, 4) is 17.2 Å². The van der Waals surface area contributed by atoms with E-state index >= 15 is 0 Å². The zero-order valence-electron chi connectivity index (χ0n) is 17.2. The third-order valence-corrected chi connectivity index (χ3v) is 5.07. The molecule has 4 rings (SSSR count). The summed E-state index contributed by atoms with van der Waals surface area (Å²) < 4.78 is 22.2. The molecule has 0 saturated heterocycles. The number of hydrogen-bond donors (Lipinski definition) is 1. The van der Waals surface area contributed by atoms with Gasteiger partial charge in [0.15, 0.2) is 11.5 Å². The van der Waals surface area contributed by atoms with Crippen LogP contribution in [0.25, 0.3) is 0 Å². The first-order chi connectivity index (χ1) is 14.5. The Morgan fingerprint density at radius 3 is 2.70 bits per heavy atom. The van der Waals surface area contributed by atoms with Gasteiger partial charge >= 0.3 is 0 Å². The second kappa shape index (κ2) is 8.49. The Balaban J connectivity index is 1.41. The second-order valence-electron chi connectivity index (χ2n) is 7.22. The molecule has 1 atom stereocenters. The van der Waals surface area contributed by atoms with Gasteiger partial charge in [-0.1, -0.05) is 17.3 Å². The molecule has 0 fully saturated rings. The second-order valence-corrected chi connectivity index (χ2v) is 7.22. The molecule has 1 N–H and O–H groups in total. The van der Waals surface area contributed by atoms with E-state index in [2.05, 4.69) is 10.5 Å². The SMILES string of the molecule is Cc1noc(C)c1COc1cccc(C(=O)N[C@@H](C)c2ccc3c(c2)OCCO3)c1. The molecule has 0 aliphatic carbocycles. The Hall–Kier alpha value is -3.48. The molecule has 156 valence electrons. The number of fused-ring (bicyclic) bond motifs is 1. The van der Waals surface area contributed by atoms with Crippen molar-refractivity contribution in [2.75, 3.05) is 13.2 Å². The number of ether oxygens (including phenoxy) is 3. The third kappa shape index (κ3) is 4.25. The zero-order chi connectivity index (χ0) is 21.1. The van der Waals surface area contributed by atoms with Gasteiger partial charge in [-0.25, -0.2) is 0 Å². The lowest BCUT2D eigenvalue weighted by Gasteiger charge is -2.21. The molecule has 1 aromatic heterocycles. The van der Waals surface area contributed by atoms with Crippen molar-refractivity contribution < 1.29 is 23.5 Å². The van der Waals surface area contributed by atoms with Crippen LogP contribution in [0.15, 0.2) is 47.0 Å². The molecule has 1 aliphatic heterocycles. The molecule has 7 nitrogen and oxygen atoms in total. The number of rotatable bonds is 6. The molecular formula is C23H24N2O5. The van der Waals surface area contributed by atoms with Crippen molar-refractivity contribution in [2.45, 2.75) is 33.4 Å². The molecule has 0 saturated carbocycles. The standard InChI is InChI=1S/C23H24N2O5/c1-14(17-7-8-21-22(12-17)28-10-9-27-21)24-23(26)18-5-4-6-19(11-18)29-13-20-15(2)25-30-16(20)3/h4-8,11-12,14H,9-10,13H2,1-3H3,(H,24,26)/t14-/m0/s1. The molecule has 0 spiro atoms. The highest BCUT2D eigenvalue weighted by Gasteiger charge is 2.17. The summed E-state index contributed by atoms with van der Waals surface area (Å²) in [5, 5.41) is 6.95. The molecule has 0 unspecified atom stereocenters. The van der Waals surface area contributed by atoms with Gasteiger partial charge < -0.3 is 24.1 Å². The van der Waals surface area contributed by atoms with E-state index in [0.29, 0.717) is 36.9 Å². The largest absolute Gasteiger partial charge is 0.489 e. The molecule has 3 aromatic rings. The van der Waals surface area contributed by atoms with Crippen LogP contribution in [0.3, 0.4) is 0 Å². The molecule has 0 radical (unpaired) electrons. The van der Waals surface area contributed by atoms with Crippen molar-refractivity contribution in [2.24, 2.45) is 0 Å². The van der Waals surface area contributed by atoms with Crippen molar-refractivity contribution in [3.63, 3.8) is 0 Å². The number of benzene rings is 2. The van der Waals surface area contributed by atoms with Crippen molar-refractivity contribution in [1.82, 2.24) is 10.5 Å². The first-order valence-electron chi connectivity index (χ1n) is 9.86. The van der Waals surface area contributed by atoms with Gasteiger partial charge in [-0.3, -0.25) is 4.79 Å². The quantitative estimate of drug-likeness (QED) is 0.660. The number of carbonyl (C=O) groups is 1. The fourth-order valence-corrected chi connectivity index (χ4v) is 3.28. The van der Waals surface area contributed by atoms with E-state index < -0.39 is 0 Å². The average Bonchev–Trinajstić information content (AvgIpc) is 3.09. The van der Waals surface area contributed by atoms with Gasteiger partial charge in [0.2, 0.25) is 0 Å². The van der Waals surface area contributed by atoms with Crippen LogP contribution in [0.5, 0.6) is 17.2 Å². The molecule has 2 aromatic carbocycles. The lowest BCUT2D eigenvalue weighted by atomic mass is 10.1. The van der Waals surface area contributed by atoms with Gasteiger partial charge in [-0.2, -0.15) is 0 Å². The summed E-state index contributed by atoms with van der Waals surface area (Å²) in [6.45, 7) is 7.06. The van der Waals surface area contributed by atoms with Gasteiger partial charge in [0, 0.05) is 5.56 Å². The predicted octanol–water partition coefficient (Wildman–Crippen LogP) is 4.13. The minimum absolute atomic E-state index is 0.180. The molecule has 7 heteroatoms. The highest BCUT2D eigenvalue weighted by Crippen LogP contribution is 2.32. The maximum atomic E-state index is 12.8. The highest BCUT2D eigenvalue weighted by molar-refractivity contribution is 5.94. The minimum atomic E-state index is -0.194. The number of aromatic nitrogens is 1. The number of nitrogens with zero attached hydrogens (tertiary/aromatic N) is 1. The summed E-state index contributed by atoms with van der Waals surface area (Å²) in [7, 11) is 0. The summed E-state index contributed by atoms with van der Waals surface area (Å²) in [5.74, 6) is 2.59. The van der Waals surface area contributed by atoms with Gasteiger partial charge in [-0.15, -0.1) is 0 Å². The van der Waals surface area contributed by atoms with Crippen LogP contribution < -0.4 is 19.5 Å². The van der Waals surface area contributed by atoms with E-state index in [4.69, 9.17) is 18.7 Å². The highest BCUT2D eigenvalue weighted by atomic mass is 16.6. The van der Waals surface area contributed by atoms with E-state index in [0.717, 1.165) is 28.3 Å². The van der Waals surface area contributed by atoms with E-state index in [1.807, 2.05) is 45.0 Å². The Morgan fingerprint density at radius 2 is 1.93 bits per heavy atom. The van der Waals surface area contributed by atoms with Gasteiger partial charge in [-0.05, 0) is 56.7 Å². The Morgan fingerprint density at radius 1 is 1.13 bits per heavy atom. The summed E-state index contributed by atoms with van der Waals surface area (Å²) in [4.78, 5) is 12.8. The number of hydrogen-bond acceptors (Lipinski definition) is 6. The maximum Gasteiger partial charge on any atom is 0.251 e. The monoisotopic (exact) mass is 408 g/mol. The first-order valence-corrected chi connectivity index (χ1v) is 9.86. The molecule has 1 amide bonds. The number of nitrogens with one attached hydrogen (secondary N) is 1. The van der Waals surface area contributed by atoms with Gasteiger partial charge in [0.25, 0.3) is 5.91 Å². The Kier molecular flexibility index (Phi) is 5.61. The van der Waals surface area contributed by atoms with Crippen LogP contribution in [0.4, 0.5) is 0 Å². The van der Waals surface area contributed by atoms with E-state index in [1.165, 1.54) is 0 Å². The molecule has 2 heterocycles. The zero-order valence-corrected chi connectivity index (χ0v) is 17.2. The van der Waals surface area contributed by atoms with Gasteiger partial charge in [0.05, 0.1) is 17.3 Å². The summed E-state index contributed by atoms with van der Waals surface area (Å²) in [5.41, 5.74) is 3.18. The van der Waals surface area contributed by atoms with E-state index in [9.17, 15) is 4.79 Å². The molecular weight excluding hydrogens is 384 g/mol. The molecule has 1 aliphatic rings. The first kappa shape index (κ1) is 19.8. The normalized spacial score (nSPS) is 13.6. The Labute approximate surface area is 174 Å². The average molecular weight is 408 g/mol.